The molecule has 0 aliphatic heterocycles. The van der Waals surface area contributed by atoms with E-state index in [2.05, 4.69) is 86.8 Å². The van der Waals surface area contributed by atoms with E-state index in [1.807, 2.05) is 0 Å². The van der Waals surface area contributed by atoms with Crippen molar-refractivity contribution in [2.45, 2.75) is 264 Å². The summed E-state index contributed by atoms with van der Waals surface area (Å²) in [7, 11) is -4.39. The van der Waals surface area contributed by atoms with Gasteiger partial charge in [0.05, 0.1) is 13.2 Å². The highest BCUT2D eigenvalue weighted by molar-refractivity contribution is 7.47. The Morgan fingerprint density at radius 2 is 0.797 bits per heavy atom. The van der Waals surface area contributed by atoms with Crippen LogP contribution in [0.25, 0.3) is 0 Å². The van der Waals surface area contributed by atoms with Crippen LogP contribution in [-0.2, 0) is 32.7 Å². The molecule has 3 N–H and O–H groups in total. The number of unbranched alkanes of at least 4 members (excludes halogenated alkanes) is 28. The summed E-state index contributed by atoms with van der Waals surface area (Å²) < 4.78 is 33.0. The van der Waals surface area contributed by atoms with Gasteiger partial charge in [0, 0.05) is 19.4 Å². The van der Waals surface area contributed by atoms with E-state index in [1.165, 1.54) is 141 Å². The standard InChI is InChI=1S/C59H106NO8P/c1-3-5-7-9-11-13-15-17-19-21-22-23-24-25-26-27-28-29-30-31-32-33-34-36-38-40-42-44-46-48-50-52-59(62)68-57(56-67-69(63,64)66-54-53-60)55-65-58(61)51-49-47-45-43-41-39-37-35-20-18-16-14-12-10-8-6-4-2/h5,7,11,13,17-20,22-23,25-26,57H,3-4,6,8-10,12,14-16,21,24,27-56,60H2,1-2H3,(H,63,64)/b7-5-,13-11-,19-17-,20-18-,23-22-,26-25-. The molecule has 0 aromatic rings. The number of hydrogen-bond acceptors (Lipinski definition) is 8. The van der Waals surface area contributed by atoms with E-state index >= 15 is 0 Å². The van der Waals surface area contributed by atoms with Crippen molar-refractivity contribution in [1.82, 2.24) is 0 Å². The van der Waals surface area contributed by atoms with Crippen molar-refractivity contribution < 1.29 is 37.6 Å². The Hall–Kier alpha value is -2.55. The van der Waals surface area contributed by atoms with Gasteiger partial charge in [-0.2, -0.15) is 0 Å². The zero-order valence-electron chi connectivity index (χ0n) is 44.5. The molecule has 69 heavy (non-hydrogen) atoms. The summed E-state index contributed by atoms with van der Waals surface area (Å²) in [5, 5.41) is 0. The summed E-state index contributed by atoms with van der Waals surface area (Å²) in [5.74, 6) is -0.828. The molecule has 0 fully saturated rings. The third kappa shape index (κ3) is 54.6. The van der Waals surface area contributed by atoms with Gasteiger partial charge in [0.1, 0.15) is 6.61 Å². The van der Waals surface area contributed by atoms with E-state index in [1.54, 1.807) is 0 Å². The minimum Gasteiger partial charge on any atom is -0.462 e. The summed E-state index contributed by atoms with van der Waals surface area (Å²) in [6.45, 7) is 3.64. The molecule has 0 heterocycles. The van der Waals surface area contributed by atoms with Gasteiger partial charge in [-0.15, -0.1) is 0 Å². The third-order valence-corrected chi connectivity index (χ3v) is 13.1. The average molecular weight is 988 g/mol. The number of carbonyl (C=O) groups is 2. The Labute approximate surface area is 424 Å². The van der Waals surface area contributed by atoms with Crippen molar-refractivity contribution in [2.75, 3.05) is 26.4 Å². The largest absolute Gasteiger partial charge is 0.472 e. The highest BCUT2D eigenvalue weighted by Gasteiger charge is 2.26. The fourth-order valence-electron chi connectivity index (χ4n) is 7.89. The molecule has 10 heteroatoms. The van der Waals surface area contributed by atoms with Crippen molar-refractivity contribution in [3.8, 4) is 0 Å². The number of phosphoric acid groups is 1. The summed E-state index contributed by atoms with van der Waals surface area (Å²) in [6, 6.07) is 0. The molecular formula is C59H106NO8P. The van der Waals surface area contributed by atoms with Crippen LogP contribution < -0.4 is 5.73 Å². The Morgan fingerprint density at radius 1 is 0.449 bits per heavy atom. The Morgan fingerprint density at radius 3 is 1.20 bits per heavy atom. The van der Waals surface area contributed by atoms with Gasteiger partial charge < -0.3 is 20.1 Å². The fraction of sp³-hybridized carbons (Fsp3) is 0.763. The van der Waals surface area contributed by atoms with E-state index in [0.717, 1.165) is 83.5 Å². The van der Waals surface area contributed by atoms with Crippen LogP contribution in [0.15, 0.2) is 72.9 Å². The molecule has 0 aromatic carbocycles. The Balaban J connectivity index is 3.94. The van der Waals surface area contributed by atoms with Crippen molar-refractivity contribution >= 4 is 19.8 Å². The number of nitrogens with two attached hydrogens (primary N) is 1. The van der Waals surface area contributed by atoms with Crippen LogP contribution in [0.1, 0.15) is 258 Å². The van der Waals surface area contributed by atoms with Gasteiger partial charge in [-0.1, -0.05) is 234 Å². The third-order valence-electron chi connectivity index (χ3n) is 12.1. The molecular weight excluding hydrogens is 882 g/mol. The monoisotopic (exact) mass is 988 g/mol. The summed E-state index contributed by atoms with van der Waals surface area (Å²) >= 11 is 0. The molecule has 0 amide bonds. The molecule has 0 saturated carbocycles. The minimum absolute atomic E-state index is 0.0515. The lowest BCUT2D eigenvalue weighted by molar-refractivity contribution is -0.161. The summed E-state index contributed by atoms with van der Waals surface area (Å²) in [5.41, 5.74) is 5.38. The van der Waals surface area contributed by atoms with E-state index in [4.69, 9.17) is 24.3 Å². The normalized spacial score (nSPS) is 13.6. The Kier molecular flexibility index (Phi) is 52.8. The van der Waals surface area contributed by atoms with E-state index in [0.29, 0.717) is 6.42 Å². The fourth-order valence-corrected chi connectivity index (χ4v) is 8.66. The number of ether oxygens (including phenoxy) is 2. The zero-order valence-corrected chi connectivity index (χ0v) is 45.4. The number of carbonyl (C=O) groups excluding carboxylic acids is 2. The zero-order chi connectivity index (χ0) is 50.2. The highest BCUT2D eigenvalue weighted by atomic mass is 31.2. The summed E-state index contributed by atoms with van der Waals surface area (Å²) in [4.78, 5) is 35.1. The second-order valence-corrected chi connectivity index (χ2v) is 20.2. The van der Waals surface area contributed by atoms with Crippen LogP contribution >= 0.6 is 7.82 Å². The molecule has 2 atom stereocenters. The van der Waals surface area contributed by atoms with Crippen LogP contribution in [0.2, 0.25) is 0 Å². The molecule has 9 nitrogen and oxygen atoms in total. The number of allylic oxidation sites excluding steroid dienone is 12. The molecule has 0 spiro atoms. The number of esters is 2. The molecule has 0 aromatic heterocycles. The first-order chi connectivity index (χ1) is 33.8. The van der Waals surface area contributed by atoms with Crippen LogP contribution in [0.4, 0.5) is 0 Å². The molecule has 0 aliphatic carbocycles. The van der Waals surface area contributed by atoms with Crippen molar-refractivity contribution in [3.63, 3.8) is 0 Å². The van der Waals surface area contributed by atoms with Crippen molar-refractivity contribution in [3.05, 3.63) is 72.9 Å². The second-order valence-electron chi connectivity index (χ2n) is 18.8. The topological polar surface area (TPSA) is 134 Å². The quantitative estimate of drug-likeness (QED) is 0.0264. The number of hydrogen-bond donors (Lipinski definition) is 2. The molecule has 0 rings (SSSR count). The lowest BCUT2D eigenvalue weighted by Gasteiger charge is -2.19. The molecule has 400 valence electrons. The van der Waals surface area contributed by atoms with Gasteiger partial charge in [0.2, 0.25) is 0 Å². The SMILES string of the molecule is CC/C=C\C/C=C\C/C=C\C/C=C\C/C=C\CCCCCCCCCCCCCCCCCC(=O)OC(COC(=O)CCCCCCCCC/C=C\CCCCCCCC)COP(=O)(O)OCCN. The molecule has 0 aliphatic rings. The minimum atomic E-state index is -4.39. The van der Waals surface area contributed by atoms with Crippen LogP contribution in [0.3, 0.4) is 0 Å². The molecule has 2 unspecified atom stereocenters. The van der Waals surface area contributed by atoms with Crippen LogP contribution in [0, 0.1) is 0 Å². The van der Waals surface area contributed by atoms with Gasteiger partial charge in [0.25, 0.3) is 0 Å². The van der Waals surface area contributed by atoms with Crippen molar-refractivity contribution in [1.29, 1.82) is 0 Å². The smallest absolute Gasteiger partial charge is 0.462 e. The number of rotatable bonds is 53. The molecule has 0 radical (unpaired) electrons. The lowest BCUT2D eigenvalue weighted by atomic mass is 10.0. The van der Waals surface area contributed by atoms with E-state index in [-0.39, 0.29) is 38.6 Å². The predicted molar refractivity (Wildman–Crippen MR) is 293 cm³/mol. The maximum absolute atomic E-state index is 12.7. The first kappa shape index (κ1) is 66.5. The van der Waals surface area contributed by atoms with Gasteiger partial charge in [-0.25, -0.2) is 4.57 Å². The number of phosphoric ester groups is 1. The van der Waals surface area contributed by atoms with Crippen LogP contribution in [-0.4, -0.2) is 49.3 Å². The molecule has 0 bridgehead atoms. The van der Waals surface area contributed by atoms with E-state index < -0.39 is 26.5 Å². The first-order valence-corrected chi connectivity index (χ1v) is 29.9. The predicted octanol–water partition coefficient (Wildman–Crippen LogP) is 17.7. The van der Waals surface area contributed by atoms with E-state index in [9.17, 15) is 19.0 Å². The second kappa shape index (κ2) is 54.8. The van der Waals surface area contributed by atoms with Gasteiger partial charge in [-0.05, 0) is 83.5 Å². The van der Waals surface area contributed by atoms with Crippen molar-refractivity contribution in [2.24, 2.45) is 5.73 Å². The highest BCUT2D eigenvalue weighted by Crippen LogP contribution is 2.43. The molecule has 0 saturated heterocycles. The van der Waals surface area contributed by atoms with Gasteiger partial charge in [0.15, 0.2) is 6.10 Å². The maximum atomic E-state index is 12.7. The maximum Gasteiger partial charge on any atom is 0.472 e. The average Bonchev–Trinajstić information content (AvgIpc) is 3.34. The Bertz CT molecular complexity index is 1360. The first-order valence-electron chi connectivity index (χ1n) is 28.4. The summed E-state index contributed by atoms with van der Waals surface area (Å²) in [6.07, 6.45) is 69.5. The lowest BCUT2D eigenvalue weighted by Crippen LogP contribution is -2.29. The van der Waals surface area contributed by atoms with Crippen LogP contribution in [0.5, 0.6) is 0 Å². The van der Waals surface area contributed by atoms with Gasteiger partial charge >= 0.3 is 19.8 Å². The van der Waals surface area contributed by atoms with Gasteiger partial charge in [-0.3, -0.25) is 18.6 Å².